The van der Waals surface area contributed by atoms with Gasteiger partial charge in [0.15, 0.2) is 6.61 Å². The SMILES string of the molecule is CCOC(=O)C=CC(=O)NNC(=O)COc1cccc(C)c1. The average Bonchev–Trinajstić information content (AvgIpc) is 2.49. The maximum Gasteiger partial charge on any atom is 0.330 e. The highest BCUT2D eigenvalue weighted by Crippen LogP contribution is 2.11. The lowest BCUT2D eigenvalue weighted by atomic mass is 10.2. The Morgan fingerprint density at radius 3 is 2.64 bits per heavy atom. The van der Waals surface area contributed by atoms with Crippen LogP contribution in [0.1, 0.15) is 12.5 Å². The highest BCUT2D eigenvalue weighted by Gasteiger charge is 2.04. The molecule has 0 aromatic heterocycles. The van der Waals surface area contributed by atoms with Gasteiger partial charge in [0.1, 0.15) is 5.75 Å². The standard InChI is InChI=1S/C15H18N2O5/c1-3-21-15(20)8-7-13(18)16-17-14(19)10-22-12-6-4-5-11(2)9-12/h4-9H,3,10H2,1-2H3,(H,16,18)(H,17,19). The van der Waals surface area contributed by atoms with Crippen LogP contribution in [0, 0.1) is 6.92 Å². The molecule has 0 saturated carbocycles. The Morgan fingerprint density at radius 2 is 1.95 bits per heavy atom. The van der Waals surface area contributed by atoms with Crippen molar-refractivity contribution in [3.05, 3.63) is 42.0 Å². The molecule has 7 nitrogen and oxygen atoms in total. The molecular weight excluding hydrogens is 288 g/mol. The highest BCUT2D eigenvalue weighted by atomic mass is 16.5. The molecule has 2 N–H and O–H groups in total. The van der Waals surface area contributed by atoms with Gasteiger partial charge in [-0.3, -0.25) is 20.4 Å². The highest BCUT2D eigenvalue weighted by molar-refractivity contribution is 5.95. The number of ether oxygens (including phenoxy) is 2. The van der Waals surface area contributed by atoms with E-state index in [-0.39, 0.29) is 13.2 Å². The maximum atomic E-state index is 11.5. The molecule has 0 spiro atoms. The summed E-state index contributed by atoms with van der Waals surface area (Å²) in [6.45, 7) is 3.53. The van der Waals surface area contributed by atoms with Crippen LogP contribution in [0.15, 0.2) is 36.4 Å². The summed E-state index contributed by atoms with van der Waals surface area (Å²) in [6.07, 6.45) is 1.92. The van der Waals surface area contributed by atoms with E-state index in [1.165, 1.54) is 0 Å². The van der Waals surface area contributed by atoms with Crippen molar-refractivity contribution < 1.29 is 23.9 Å². The number of rotatable bonds is 6. The number of aryl methyl sites for hydroxylation is 1. The van der Waals surface area contributed by atoms with Gasteiger partial charge in [0.05, 0.1) is 6.61 Å². The van der Waals surface area contributed by atoms with Crippen molar-refractivity contribution in [1.82, 2.24) is 10.9 Å². The first-order chi connectivity index (χ1) is 10.5. The van der Waals surface area contributed by atoms with Gasteiger partial charge >= 0.3 is 5.97 Å². The molecule has 0 unspecified atom stereocenters. The second-order valence-corrected chi connectivity index (χ2v) is 4.23. The van der Waals surface area contributed by atoms with E-state index in [2.05, 4.69) is 15.6 Å². The summed E-state index contributed by atoms with van der Waals surface area (Å²) in [4.78, 5) is 33.8. The van der Waals surface area contributed by atoms with E-state index >= 15 is 0 Å². The van der Waals surface area contributed by atoms with Crippen LogP contribution in [-0.4, -0.2) is 31.0 Å². The summed E-state index contributed by atoms with van der Waals surface area (Å²) in [7, 11) is 0. The van der Waals surface area contributed by atoms with E-state index in [0.29, 0.717) is 5.75 Å². The Kier molecular flexibility index (Phi) is 7.18. The van der Waals surface area contributed by atoms with Gasteiger partial charge in [-0.2, -0.15) is 0 Å². The fraction of sp³-hybridized carbons (Fsp3) is 0.267. The number of hydrogen-bond donors (Lipinski definition) is 2. The summed E-state index contributed by atoms with van der Waals surface area (Å²) in [5.41, 5.74) is 5.28. The zero-order valence-corrected chi connectivity index (χ0v) is 12.4. The van der Waals surface area contributed by atoms with Gasteiger partial charge in [-0.15, -0.1) is 0 Å². The van der Waals surface area contributed by atoms with Crippen molar-refractivity contribution in [2.75, 3.05) is 13.2 Å². The Hall–Kier alpha value is -2.83. The van der Waals surface area contributed by atoms with Crippen LogP contribution in [-0.2, 0) is 19.1 Å². The summed E-state index contributed by atoms with van der Waals surface area (Å²) in [5.74, 6) is -1.26. The molecule has 0 bridgehead atoms. The summed E-state index contributed by atoms with van der Waals surface area (Å²) < 4.78 is 9.86. The van der Waals surface area contributed by atoms with Crippen LogP contribution in [0.4, 0.5) is 0 Å². The lowest BCUT2D eigenvalue weighted by Gasteiger charge is -2.08. The number of amides is 2. The fourth-order valence-electron chi connectivity index (χ4n) is 1.40. The molecule has 2 amide bonds. The first-order valence-corrected chi connectivity index (χ1v) is 6.64. The zero-order valence-electron chi connectivity index (χ0n) is 12.4. The third kappa shape index (κ3) is 7.09. The Bertz CT molecular complexity index is 569. The largest absolute Gasteiger partial charge is 0.484 e. The molecule has 1 aromatic carbocycles. The van der Waals surface area contributed by atoms with Crippen molar-refractivity contribution in [3.8, 4) is 5.75 Å². The molecule has 0 saturated heterocycles. The Balaban J connectivity index is 2.28. The van der Waals surface area contributed by atoms with Gasteiger partial charge in [0.2, 0.25) is 0 Å². The minimum absolute atomic E-state index is 0.220. The minimum Gasteiger partial charge on any atom is -0.484 e. The predicted octanol–water partition coefficient (Wildman–Crippen LogP) is 0.641. The van der Waals surface area contributed by atoms with Gasteiger partial charge < -0.3 is 9.47 Å². The van der Waals surface area contributed by atoms with Gasteiger partial charge in [-0.1, -0.05) is 12.1 Å². The van der Waals surface area contributed by atoms with Crippen molar-refractivity contribution in [3.63, 3.8) is 0 Å². The van der Waals surface area contributed by atoms with Crippen LogP contribution in [0.3, 0.4) is 0 Å². The summed E-state index contributed by atoms with van der Waals surface area (Å²) in [5, 5.41) is 0. The zero-order chi connectivity index (χ0) is 16.4. The number of benzene rings is 1. The molecule has 0 heterocycles. The predicted molar refractivity (Wildman–Crippen MR) is 78.7 cm³/mol. The van der Waals surface area contributed by atoms with E-state index < -0.39 is 17.8 Å². The van der Waals surface area contributed by atoms with Crippen molar-refractivity contribution in [2.24, 2.45) is 0 Å². The smallest absolute Gasteiger partial charge is 0.330 e. The summed E-state index contributed by atoms with van der Waals surface area (Å²) in [6, 6.07) is 7.22. The first kappa shape index (κ1) is 17.2. The second kappa shape index (κ2) is 9.17. The van der Waals surface area contributed by atoms with Crippen molar-refractivity contribution >= 4 is 17.8 Å². The molecule has 22 heavy (non-hydrogen) atoms. The third-order valence-corrected chi connectivity index (χ3v) is 2.34. The number of hydrogen-bond acceptors (Lipinski definition) is 5. The first-order valence-electron chi connectivity index (χ1n) is 6.64. The molecule has 1 rings (SSSR count). The molecule has 7 heteroatoms. The van der Waals surface area contributed by atoms with E-state index in [0.717, 1.165) is 17.7 Å². The lowest BCUT2D eigenvalue weighted by molar-refractivity contribution is -0.137. The molecule has 0 radical (unpaired) electrons. The van der Waals surface area contributed by atoms with Gasteiger partial charge in [-0.25, -0.2) is 4.79 Å². The van der Waals surface area contributed by atoms with Gasteiger partial charge in [0.25, 0.3) is 11.8 Å². The molecule has 0 aliphatic heterocycles. The number of hydrazine groups is 1. The van der Waals surface area contributed by atoms with Crippen LogP contribution >= 0.6 is 0 Å². The minimum atomic E-state index is -0.656. The van der Waals surface area contributed by atoms with Crippen LogP contribution < -0.4 is 15.6 Å². The van der Waals surface area contributed by atoms with E-state index in [4.69, 9.17) is 4.74 Å². The molecule has 118 valence electrons. The van der Waals surface area contributed by atoms with Gasteiger partial charge in [0, 0.05) is 12.2 Å². The molecule has 0 fully saturated rings. The number of carbonyl (C=O) groups excluding carboxylic acids is 3. The monoisotopic (exact) mass is 306 g/mol. The summed E-state index contributed by atoms with van der Waals surface area (Å²) >= 11 is 0. The lowest BCUT2D eigenvalue weighted by Crippen LogP contribution is -2.43. The van der Waals surface area contributed by atoms with Gasteiger partial charge in [-0.05, 0) is 31.5 Å². The molecule has 0 atom stereocenters. The normalized spacial score (nSPS) is 10.1. The average molecular weight is 306 g/mol. The number of carbonyl (C=O) groups is 3. The van der Waals surface area contributed by atoms with Crippen LogP contribution in [0.25, 0.3) is 0 Å². The van der Waals surface area contributed by atoms with Crippen molar-refractivity contribution in [1.29, 1.82) is 0 Å². The van der Waals surface area contributed by atoms with E-state index in [1.807, 2.05) is 19.1 Å². The molecule has 1 aromatic rings. The van der Waals surface area contributed by atoms with E-state index in [1.54, 1.807) is 19.1 Å². The van der Waals surface area contributed by atoms with Crippen molar-refractivity contribution in [2.45, 2.75) is 13.8 Å². The molecule has 0 aliphatic rings. The fourth-order valence-corrected chi connectivity index (χ4v) is 1.40. The van der Waals surface area contributed by atoms with E-state index in [9.17, 15) is 14.4 Å². The third-order valence-electron chi connectivity index (χ3n) is 2.34. The van der Waals surface area contributed by atoms with Crippen LogP contribution in [0.2, 0.25) is 0 Å². The second-order valence-electron chi connectivity index (χ2n) is 4.23. The topological polar surface area (TPSA) is 93.7 Å². The molecule has 0 aliphatic carbocycles. The van der Waals surface area contributed by atoms with Crippen LogP contribution in [0.5, 0.6) is 5.75 Å². The Labute approximate surface area is 128 Å². The Morgan fingerprint density at radius 1 is 1.18 bits per heavy atom. The quantitative estimate of drug-likeness (QED) is 0.457. The number of nitrogens with one attached hydrogen (secondary N) is 2. The molecular formula is C15H18N2O5. The number of esters is 1. The maximum absolute atomic E-state index is 11.5.